The molecular weight excluding hydrogens is 211 g/mol. The van der Waals surface area contributed by atoms with Crippen LogP contribution in [0.15, 0.2) is 18.3 Å². The van der Waals surface area contributed by atoms with Gasteiger partial charge in [0.05, 0.1) is 19.3 Å². The van der Waals surface area contributed by atoms with Crippen LogP contribution in [-0.4, -0.2) is 36.2 Å². The van der Waals surface area contributed by atoms with E-state index in [2.05, 4.69) is 5.32 Å². The SMILES string of the molecule is N=C([C@H]1COCCN1)n1cc(F)ccc1=N. The number of hydrogen-bond acceptors (Lipinski definition) is 4. The highest BCUT2D eigenvalue weighted by Crippen LogP contribution is 1.98. The molecule has 0 aromatic carbocycles. The van der Waals surface area contributed by atoms with Crippen molar-refractivity contribution in [2.45, 2.75) is 6.04 Å². The van der Waals surface area contributed by atoms with Gasteiger partial charge in [-0.1, -0.05) is 0 Å². The number of nitrogens with zero attached hydrogens (tertiary/aromatic N) is 1. The zero-order valence-electron chi connectivity index (χ0n) is 8.66. The number of halogens is 1. The lowest BCUT2D eigenvalue weighted by Gasteiger charge is -2.25. The lowest BCUT2D eigenvalue weighted by Crippen LogP contribution is -2.50. The molecule has 1 fully saturated rings. The van der Waals surface area contributed by atoms with Gasteiger partial charge < -0.3 is 10.1 Å². The van der Waals surface area contributed by atoms with Gasteiger partial charge in [0.2, 0.25) is 0 Å². The first-order chi connectivity index (χ1) is 7.68. The Morgan fingerprint density at radius 2 is 2.38 bits per heavy atom. The van der Waals surface area contributed by atoms with E-state index in [4.69, 9.17) is 15.6 Å². The fourth-order valence-corrected chi connectivity index (χ4v) is 1.58. The standard InChI is InChI=1S/C10H13FN4O/c11-7-1-2-9(12)15(5-7)10(13)8-6-16-4-3-14-8/h1-2,5,8,12-14H,3-4,6H2/t8-/m1/s1. The molecule has 1 saturated heterocycles. The molecule has 1 aliphatic heterocycles. The van der Waals surface area contributed by atoms with Crippen LogP contribution in [0.2, 0.25) is 0 Å². The van der Waals surface area contributed by atoms with Crippen LogP contribution in [0.25, 0.3) is 0 Å². The van der Waals surface area contributed by atoms with Crippen LogP contribution in [0.1, 0.15) is 0 Å². The van der Waals surface area contributed by atoms with E-state index in [-0.39, 0.29) is 17.4 Å². The van der Waals surface area contributed by atoms with Gasteiger partial charge in [0.1, 0.15) is 17.1 Å². The van der Waals surface area contributed by atoms with Crippen LogP contribution < -0.4 is 10.8 Å². The van der Waals surface area contributed by atoms with Gasteiger partial charge in [0.25, 0.3) is 0 Å². The molecule has 1 aliphatic rings. The van der Waals surface area contributed by atoms with E-state index < -0.39 is 5.82 Å². The third-order valence-electron chi connectivity index (χ3n) is 2.42. The van der Waals surface area contributed by atoms with Crippen molar-refractivity contribution in [3.05, 3.63) is 29.6 Å². The average molecular weight is 224 g/mol. The van der Waals surface area contributed by atoms with Crippen molar-refractivity contribution >= 4 is 5.84 Å². The Bertz CT molecular complexity index is 450. The van der Waals surface area contributed by atoms with Gasteiger partial charge in [-0.2, -0.15) is 0 Å². The van der Waals surface area contributed by atoms with Crippen LogP contribution in [0.3, 0.4) is 0 Å². The number of morpholine rings is 1. The number of pyridine rings is 1. The van der Waals surface area contributed by atoms with E-state index in [1.807, 2.05) is 0 Å². The molecule has 16 heavy (non-hydrogen) atoms. The zero-order chi connectivity index (χ0) is 11.5. The number of nitrogens with one attached hydrogen (secondary N) is 3. The Hall–Kier alpha value is -1.53. The molecule has 0 radical (unpaired) electrons. The normalized spacial score (nSPS) is 20.7. The van der Waals surface area contributed by atoms with Gasteiger partial charge in [-0.05, 0) is 12.1 Å². The molecule has 3 N–H and O–H groups in total. The fraction of sp³-hybridized carbons (Fsp3) is 0.400. The predicted octanol–water partition coefficient (Wildman–Crippen LogP) is -0.0796. The minimum absolute atomic E-state index is 0.0822. The second-order valence-electron chi connectivity index (χ2n) is 3.57. The molecule has 86 valence electrons. The number of hydrogen-bond donors (Lipinski definition) is 3. The summed E-state index contributed by atoms with van der Waals surface area (Å²) in [5, 5.41) is 18.6. The van der Waals surface area contributed by atoms with Crippen LogP contribution in [0.4, 0.5) is 4.39 Å². The van der Waals surface area contributed by atoms with Gasteiger partial charge in [-0.15, -0.1) is 0 Å². The molecule has 0 bridgehead atoms. The molecular formula is C10H13FN4O. The molecule has 1 aromatic rings. The zero-order valence-corrected chi connectivity index (χ0v) is 8.66. The summed E-state index contributed by atoms with van der Waals surface area (Å²) >= 11 is 0. The van der Waals surface area contributed by atoms with Crippen molar-refractivity contribution in [3.63, 3.8) is 0 Å². The smallest absolute Gasteiger partial charge is 0.140 e. The maximum Gasteiger partial charge on any atom is 0.140 e. The van der Waals surface area contributed by atoms with Crippen molar-refractivity contribution in [2.75, 3.05) is 19.8 Å². The Morgan fingerprint density at radius 3 is 3.06 bits per heavy atom. The van der Waals surface area contributed by atoms with E-state index in [1.165, 1.54) is 16.7 Å². The van der Waals surface area contributed by atoms with Crippen molar-refractivity contribution in [2.24, 2.45) is 0 Å². The molecule has 2 heterocycles. The van der Waals surface area contributed by atoms with Crippen LogP contribution in [0, 0.1) is 16.6 Å². The number of aromatic nitrogens is 1. The summed E-state index contributed by atoms with van der Waals surface area (Å²) in [4.78, 5) is 0. The molecule has 1 atom stereocenters. The first-order valence-corrected chi connectivity index (χ1v) is 5.01. The van der Waals surface area contributed by atoms with Crippen molar-refractivity contribution in [3.8, 4) is 0 Å². The van der Waals surface area contributed by atoms with E-state index in [9.17, 15) is 4.39 Å². The Kier molecular flexibility index (Phi) is 3.12. The minimum atomic E-state index is -0.461. The van der Waals surface area contributed by atoms with Crippen LogP contribution in [0.5, 0.6) is 0 Å². The maximum absolute atomic E-state index is 13.0. The fourth-order valence-electron chi connectivity index (χ4n) is 1.58. The highest BCUT2D eigenvalue weighted by atomic mass is 19.1. The summed E-state index contributed by atoms with van der Waals surface area (Å²) in [6, 6.07) is 2.24. The van der Waals surface area contributed by atoms with Gasteiger partial charge >= 0.3 is 0 Å². The highest BCUT2D eigenvalue weighted by molar-refractivity contribution is 5.86. The second-order valence-corrected chi connectivity index (χ2v) is 3.57. The lowest BCUT2D eigenvalue weighted by atomic mass is 10.2. The maximum atomic E-state index is 13.0. The minimum Gasteiger partial charge on any atom is -0.378 e. The highest BCUT2D eigenvalue weighted by Gasteiger charge is 2.19. The van der Waals surface area contributed by atoms with Crippen LogP contribution >= 0.6 is 0 Å². The van der Waals surface area contributed by atoms with Crippen LogP contribution in [-0.2, 0) is 4.74 Å². The van der Waals surface area contributed by atoms with Crippen molar-refractivity contribution in [1.82, 2.24) is 9.88 Å². The monoisotopic (exact) mass is 224 g/mol. The lowest BCUT2D eigenvalue weighted by molar-refractivity contribution is 0.0938. The molecule has 0 aliphatic carbocycles. The molecule has 0 amide bonds. The van der Waals surface area contributed by atoms with E-state index in [0.29, 0.717) is 19.8 Å². The topological polar surface area (TPSA) is 73.9 Å². The molecule has 0 saturated carbocycles. The van der Waals surface area contributed by atoms with Gasteiger partial charge in [0, 0.05) is 12.7 Å². The van der Waals surface area contributed by atoms with Gasteiger partial charge in [-0.25, -0.2) is 4.39 Å². The molecule has 0 spiro atoms. The second kappa shape index (κ2) is 4.54. The number of rotatable bonds is 1. The Balaban J connectivity index is 2.25. The van der Waals surface area contributed by atoms with E-state index >= 15 is 0 Å². The van der Waals surface area contributed by atoms with E-state index in [1.54, 1.807) is 0 Å². The van der Waals surface area contributed by atoms with Crippen molar-refractivity contribution in [1.29, 1.82) is 10.8 Å². The van der Waals surface area contributed by atoms with Crippen molar-refractivity contribution < 1.29 is 9.13 Å². The molecule has 5 nitrogen and oxygen atoms in total. The average Bonchev–Trinajstić information content (AvgIpc) is 2.32. The van der Waals surface area contributed by atoms with Gasteiger partial charge in [-0.3, -0.25) is 15.4 Å². The summed E-state index contributed by atoms with van der Waals surface area (Å²) in [5.74, 6) is -0.332. The Morgan fingerprint density at radius 1 is 1.56 bits per heavy atom. The molecule has 2 rings (SSSR count). The first kappa shape index (κ1) is 11.0. The summed E-state index contributed by atoms with van der Waals surface area (Å²) in [6.45, 7) is 1.66. The summed E-state index contributed by atoms with van der Waals surface area (Å²) in [5.41, 5.74) is 0.0822. The first-order valence-electron chi connectivity index (χ1n) is 5.01. The molecule has 6 heteroatoms. The summed E-state index contributed by atoms with van der Waals surface area (Å²) in [7, 11) is 0. The summed E-state index contributed by atoms with van der Waals surface area (Å²) < 4.78 is 19.5. The third-order valence-corrected chi connectivity index (χ3v) is 2.42. The quantitative estimate of drug-likeness (QED) is 0.461. The van der Waals surface area contributed by atoms with Gasteiger partial charge in [0.15, 0.2) is 0 Å². The predicted molar refractivity (Wildman–Crippen MR) is 56.0 cm³/mol. The van der Waals surface area contributed by atoms with E-state index in [0.717, 1.165) is 6.20 Å². The molecule has 0 unspecified atom stereocenters. The number of ether oxygens (including phenoxy) is 1. The molecule has 1 aromatic heterocycles. The summed E-state index contributed by atoms with van der Waals surface area (Å²) in [6.07, 6.45) is 1.14. The third kappa shape index (κ3) is 2.17. The largest absolute Gasteiger partial charge is 0.378 e. The Labute approximate surface area is 91.9 Å².